The monoisotopic (exact) mass is 421 g/mol. The Balaban J connectivity index is 1.68. The van der Waals surface area contributed by atoms with Crippen LogP contribution in [0, 0.1) is 6.92 Å². The number of aromatic nitrogens is 1. The average molecular weight is 422 g/mol. The van der Waals surface area contributed by atoms with E-state index in [9.17, 15) is 0 Å². The first-order chi connectivity index (χ1) is 14.6. The highest BCUT2D eigenvalue weighted by Crippen LogP contribution is 2.24. The van der Waals surface area contributed by atoms with Crippen LogP contribution in [0.3, 0.4) is 0 Å². The quantitative estimate of drug-likeness (QED) is 0.547. The van der Waals surface area contributed by atoms with Crippen LogP contribution in [0.1, 0.15) is 30.9 Å². The lowest BCUT2D eigenvalue weighted by atomic mass is 10.0. The summed E-state index contributed by atoms with van der Waals surface area (Å²) in [4.78, 5) is 8.51. The van der Waals surface area contributed by atoms with Crippen molar-refractivity contribution >= 4 is 17.0 Å². The fourth-order valence-electron chi connectivity index (χ4n) is 3.70. The zero-order chi connectivity index (χ0) is 20.9. The van der Waals surface area contributed by atoms with Crippen LogP contribution in [0.4, 0.5) is 5.69 Å². The number of rotatable bonds is 6. The Kier molecular flexibility index (Phi) is 6.82. The van der Waals surface area contributed by atoms with Gasteiger partial charge >= 0.3 is 0 Å². The van der Waals surface area contributed by atoms with E-state index >= 15 is 0 Å². The predicted octanol–water partition coefficient (Wildman–Crippen LogP) is 5.21. The van der Waals surface area contributed by atoms with E-state index in [1.807, 2.05) is 0 Å². The number of hydrogen-bond acceptors (Lipinski definition) is 4. The van der Waals surface area contributed by atoms with Crippen LogP contribution in [0.5, 0.6) is 0 Å². The highest BCUT2D eigenvalue weighted by atomic mass is 32.1. The van der Waals surface area contributed by atoms with Crippen molar-refractivity contribution in [1.82, 2.24) is 9.47 Å². The predicted molar refractivity (Wildman–Crippen MR) is 125 cm³/mol. The molecular formula is C25H31N3OS. The van der Waals surface area contributed by atoms with Crippen LogP contribution >= 0.6 is 11.3 Å². The normalized spacial score (nSPS) is 15.8. The molecule has 0 radical (unpaired) electrons. The summed E-state index contributed by atoms with van der Waals surface area (Å²) < 4.78 is 7.89. The molecule has 0 aliphatic carbocycles. The van der Waals surface area contributed by atoms with Crippen LogP contribution in [-0.2, 0) is 11.3 Å². The van der Waals surface area contributed by atoms with E-state index in [0.717, 1.165) is 49.9 Å². The Bertz CT molecular complexity index is 1010. The van der Waals surface area contributed by atoms with E-state index in [1.165, 1.54) is 22.4 Å². The summed E-state index contributed by atoms with van der Waals surface area (Å²) in [5, 5.41) is 2.25. The van der Waals surface area contributed by atoms with Gasteiger partial charge in [-0.3, -0.25) is 4.90 Å². The molecule has 3 aromatic rings. The molecule has 0 amide bonds. The molecule has 1 aromatic heterocycles. The zero-order valence-electron chi connectivity index (χ0n) is 18.2. The minimum atomic E-state index is 0.544. The molecule has 2 aromatic carbocycles. The highest BCUT2D eigenvalue weighted by Gasteiger charge is 2.13. The lowest BCUT2D eigenvalue weighted by molar-refractivity contribution is 0.0363. The third-order valence-corrected chi connectivity index (χ3v) is 6.54. The second-order valence-corrected chi connectivity index (χ2v) is 9.07. The SMILES string of the molecule is Cc1ccc(N=c2scc(-c3ccc(C(C)C)cc3)n2CCN2CCOCC2)cc1. The lowest BCUT2D eigenvalue weighted by Crippen LogP contribution is -2.39. The van der Waals surface area contributed by atoms with Crippen LogP contribution in [0.25, 0.3) is 11.3 Å². The first kappa shape index (κ1) is 21.0. The summed E-state index contributed by atoms with van der Waals surface area (Å²) in [6, 6.07) is 17.4. The first-order valence-corrected chi connectivity index (χ1v) is 11.7. The molecule has 0 N–H and O–H groups in total. The van der Waals surface area contributed by atoms with Gasteiger partial charge in [-0.05, 0) is 36.1 Å². The summed E-state index contributed by atoms with van der Waals surface area (Å²) in [5.74, 6) is 0.544. The topological polar surface area (TPSA) is 29.8 Å². The Morgan fingerprint density at radius 3 is 2.33 bits per heavy atom. The van der Waals surface area contributed by atoms with Gasteiger partial charge in [-0.15, -0.1) is 11.3 Å². The Morgan fingerprint density at radius 1 is 0.967 bits per heavy atom. The van der Waals surface area contributed by atoms with Crippen molar-refractivity contribution < 1.29 is 4.74 Å². The van der Waals surface area contributed by atoms with Gasteiger partial charge in [-0.1, -0.05) is 55.8 Å². The van der Waals surface area contributed by atoms with Gasteiger partial charge in [0.2, 0.25) is 0 Å². The van der Waals surface area contributed by atoms with Crippen molar-refractivity contribution in [2.24, 2.45) is 4.99 Å². The summed E-state index contributed by atoms with van der Waals surface area (Å²) in [5.41, 5.74) is 6.13. The smallest absolute Gasteiger partial charge is 0.190 e. The summed E-state index contributed by atoms with van der Waals surface area (Å²) in [6.45, 7) is 12.2. The molecule has 5 heteroatoms. The molecule has 0 atom stereocenters. The molecular weight excluding hydrogens is 390 g/mol. The fourth-order valence-corrected chi connectivity index (χ4v) is 4.66. The molecule has 4 nitrogen and oxygen atoms in total. The molecule has 1 fully saturated rings. The largest absolute Gasteiger partial charge is 0.379 e. The first-order valence-electron chi connectivity index (χ1n) is 10.8. The average Bonchev–Trinajstić information content (AvgIpc) is 3.17. The maximum absolute atomic E-state index is 5.51. The van der Waals surface area contributed by atoms with Crippen molar-refractivity contribution in [3.8, 4) is 11.3 Å². The summed E-state index contributed by atoms with van der Waals surface area (Å²) >= 11 is 1.72. The molecule has 4 rings (SSSR count). The number of morpholine rings is 1. The second-order valence-electron chi connectivity index (χ2n) is 8.23. The van der Waals surface area contributed by atoms with E-state index in [4.69, 9.17) is 9.73 Å². The van der Waals surface area contributed by atoms with E-state index in [0.29, 0.717) is 5.92 Å². The van der Waals surface area contributed by atoms with Gasteiger partial charge in [0, 0.05) is 31.6 Å². The standard InChI is InChI=1S/C25H31N3OS/c1-19(2)21-6-8-22(9-7-21)24-18-30-25(26-23-10-4-20(3)5-11-23)28(24)13-12-27-14-16-29-17-15-27/h4-11,18-19H,12-17H2,1-3H3. The fraction of sp³-hybridized carbons (Fsp3) is 0.400. The Hall–Kier alpha value is -2.21. The number of nitrogens with zero attached hydrogens (tertiary/aromatic N) is 3. The molecule has 0 unspecified atom stereocenters. The number of benzene rings is 2. The van der Waals surface area contributed by atoms with Gasteiger partial charge in [-0.2, -0.15) is 0 Å². The Labute approximate surface area is 183 Å². The third kappa shape index (κ3) is 5.09. The van der Waals surface area contributed by atoms with Gasteiger partial charge in [0.05, 0.1) is 24.6 Å². The summed E-state index contributed by atoms with van der Waals surface area (Å²) in [6.07, 6.45) is 0. The zero-order valence-corrected chi connectivity index (χ0v) is 19.0. The van der Waals surface area contributed by atoms with Gasteiger partial charge in [0.15, 0.2) is 4.80 Å². The van der Waals surface area contributed by atoms with Crippen molar-refractivity contribution in [2.75, 3.05) is 32.8 Å². The molecule has 1 aliphatic rings. The van der Waals surface area contributed by atoms with Gasteiger partial charge in [0.25, 0.3) is 0 Å². The second kappa shape index (κ2) is 9.73. The van der Waals surface area contributed by atoms with Crippen molar-refractivity contribution in [3.63, 3.8) is 0 Å². The van der Waals surface area contributed by atoms with Gasteiger partial charge in [-0.25, -0.2) is 4.99 Å². The molecule has 0 spiro atoms. The minimum Gasteiger partial charge on any atom is -0.379 e. The third-order valence-electron chi connectivity index (χ3n) is 5.67. The van der Waals surface area contributed by atoms with Gasteiger partial charge < -0.3 is 9.30 Å². The van der Waals surface area contributed by atoms with E-state index < -0.39 is 0 Å². The lowest BCUT2D eigenvalue weighted by Gasteiger charge is -2.26. The Morgan fingerprint density at radius 2 is 1.67 bits per heavy atom. The minimum absolute atomic E-state index is 0.544. The van der Waals surface area contributed by atoms with E-state index in [1.54, 1.807) is 11.3 Å². The number of hydrogen-bond donors (Lipinski definition) is 0. The maximum Gasteiger partial charge on any atom is 0.190 e. The van der Waals surface area contributed by atoms with Crippen LogP contribution in [-0.4, -0.2) is 42.3 Å². The van der Waals surface area contributed by atoms with Crippen LogP contribution in [0.15, 0.2) is 58.9 Å². The maximum atomic E-state index is 5.51. The molecule has 1 saturated heterocycles. The molecule has 158 valence electrons. The highest BCUT2D eigenvalue weighted by molar-refractivity contribution is 7.07. The number of ether oxygens (including phenoxy) is 1. The molecule has 0 saturated carbocycles. The van der Waals surface area contributed by atoms with Crippen LogP contribution in [0.2, 0.25) is 0 Å². The van der Waals surface area contributed by atoms with E-state index in [-0.39, 0.29) is 0 Å². The van der Waals surface area contributed by atoms with Gasteiger partial charge in [0.1, 0.15) is 0 Å². The van der Waals surface area contributed by atoms with Crippen molar-refractivity contribution in [2.45, 2.75) is 33.2 Å². The van der Waals surface area contributed by atoms with Crippen molar-refractivity contribution in [3.05, 3.63) is 69.8 Å². The summed E-state index contributed by atoms with van der Waals surface area (Å²) in [7, 11) is 0. The molecule has 1 aliphatic heterocycles. The molecule has 30 heavy (non-hydrogen) atoms. The number of aryl methyl sites for hydroxylation is 1. The van der Waals surface area contributed by atoms with Crippen LogP contribution < -0.4 is 4.80 Å². The molecule has 2 heterocycles. The number of thiazole rings is 1. The molecule has 0 bridgehead atoms. The van der Waals surface area contributed by atoms with E-state index in [2.05, 4.69) is 84.1 Å². The van der Waals surface area contributed by atoms with Crippen molar-refractivity contribution in [1.29, 1.82) is 0 Å².